The summed E-state index contributed by atoms with van der Waals surface area (Å²) in [4.78, 5) is 40.5. The molecule has 0 saturated carbocycles. The second kappa shape index (κ2) is 10.5. The molecule has 37 heavy (non-hydrogen) atoms. The number of β-lactam (4-membered cyclic amide) rings is 1. The second-order valence-corrected chi connectivity index (χ2v) is 10.6. The van der Waals surface area contributed by atoms with Gasteiger partial charge in [0.1, 0.15) is 11.4 Å². The maximum Gasteiger partial charge on any atom is 0.334 e. The number of ether oxygens (including phenoxy) is 1. The zero-order valence-electron chi connectivity index (χ0n) is 20.0. The van der Waals surface area contributed by atoms with Crippen LogP contribution in [-0.2, 0) is 36.3 Å². The molecule has 5 rings (SSSR count). The van der Waals surface area contributed by atoms with Crippen molar-refractivity contribution in [2.45, 2.75) is 30.0 Å². The summed E-state index contributed by atoms with van der Waals surface area (Å²) in [5.41, 5.74) is 2.71. The van der Waals surface area contributed by atoms with Crippen LogP contribution >= 0.6 is 0 Å². The molecule has 2 fully saturated rings. The molecule has 3 aromatic carbocycles. The molecule has 2 saturated heterocycles. The maximum atomic E-state index is 13.5. The van der Waals surface area contributed by atoms with Crippen LogP contribution in [0.2, 0.25) is 0 Å². The lowest BCUT2D eigenvalue weighted by Gasteiger charge is -2.52. The first-order valence-electron chi connectivity index (χ1n) is 11.9. The SMILES string of the molecule is C=C1CS(=O)[C@H]2[C@H](NC(=O)Cc3ccccc3)C(=O)N2[C@H]1C(=O)OC(c1ccccc1)c1ccccc1. The van der Waals surface area contributed by atoms with E-state index in [4.69, 9.17) is 4.74 Å². The Morgan fingerprint density at radius 2 is 1.49 bits per heavy atom. The van der Waals surface area contributed by atoms with Gasteiger partial charge in [-0.1, -0.05) is 97.6 Å². The lowest BCUT2D eigenvalue weighted by atomic mass is 9.97. The van der Waals surface area contributed by atoms with Gasteiger partial charge in [0, 0.05) is 5.75 Å². The van der Waals surface area contributed by atoms with E-state index in [9.17, 15) is 18.6 Å². The zero-order valence-corrected chi connectivity index (χ0v) is 20.8. The quantitative estimate of drug-likeness (QED) is 0.297. The van der Waals surface area contributed by atoms with Crippen LogP contribution in [0.3, 0.4) is 0 Å². The third-order valence-electron chi connectivity index (χ3n) is 6.53. The van der Waals surface area contributed by atoms with E-state index in [1.165, 1.54) is 4.90 Å². The fourth-order valence-electron chi connectivity index (χ4n) is 4.77. The lowest BCUT2D eigenvalue weighted by molar-refractivity contribution is -0.165. The Morgan fingerprint density at radius 3 is 2.05 bits per heavy atom. The number of fused-ring (bicyclic) bond motifs is 1. The number of benzene rings is 3. The summed E-state index contributed by atoms with van der Waals surface area (Å²) < 4.78 is 18.9. The Kier molecular flexibility index (Phi) is 7.01. The molecule has 7 nitrogen and oxygen atoms in total. The average molecular weight is 515 g/mol. The van der Waals surface area contributed by atoms with E-state index in [1.54, 1.807) is 0 Å². The minimum absolute atomic E-state index is 0.0423. The van der Waals surface area contributed by atoms with Gasteiger partial charge in [-0.2, -0.15) is 0 Å². The minimum Gasteiger partial charge on any atom is -0.451 e. The van der Waals surface area contributed by atoms with Crippen molar-refractivity contribution in [3.8, 4) is 0 Å². The number of nitrogens with one attached hydrogen (secondary N) is 1. The summed E-state index contributed by atoms with van der Waals surface area (Å²) in [6.07, 6.45) is -0.593. The van der Waals surface area contributed by atoms with Gasteiger partial charge in [0.15, 0.2) is 12.1 Å². The van der Waals surface area contributed by atoms with Crippen LogP contribution < -0.4 is 5.32 Å². The Hall–Kier alpha value is -4.04. The molecular formula is C29H26N2O5S. The van der Waals surface area contributed by atoms with E-state index in [2.05, 4.69) is 11.9 Å². The summed E-state index contributed by atoms with van der Waals surface area (Å²) in [5.74, 6) is -1.43. The van der Waals surface area contributed by atoms with Gasteiger partial charge in [-0.15, -0.1) is 0 Å². The lowest BCUT2D eigenvalue weighted by Crippen LogP contribution is -2.77. The molecule has 188 valence electrons. The van der Waals surface area contributed by atoms with Crippen LogP contribution in [0.25, 0.3) is 0 Å². The van der Waals surface area contributed by atoms with Crippen molar-refractivity contribution in [3.63, 3.8) is 0 Å². The van der Waals surface area contributed by atoms with Crippen LogP contribution in [0.1, 0.15) is 22.8 Å². The normalized spacial score (nSPS) is 22.7. The molecule has 1 N–H and O–H groups in total. The van der Waals surface area contributed by atoms with E-state index in [0.717, 1.165) is 16.7 Å². The van der Waals surface area contributed by atoms with Crippen molar-refractivity contribution in [1.29, 1.82) is 0 Å². The molecule has 0 aromatic heterocycles. The molecule has 2 aliphatic heterocycles. The summed E-state index contributed by atoms with van der Waals surface area (Å²) in [5, 5.41) is 1.89. The molecule has 0 aliphatic carbocycles. The van der Waals surface area contributed by atoms with E-state index in [1.807, 2.05) is 91.0 Å². The first-order chi connectivity index (χ1) is 17.9. The largest absolute Gasteiger partial charge is 0.451 e. The number of carbonyl (C=O) groups is 3. The minimum atomic E-state index is -1.51. The first kappa shape index (κ1) is 24.6. The van der Waals surface area contributed by atoms with Crippen molar-refractivity contribution in [1.82, 2.24) is 10.2 Å². The Balaban J connectivity index is 1.34. The molecule has 2 amide bonds. The highest BCUT2D eigenvalue weighted by atomic mass is 32.2. The number of carbonyl (C=O) groups excluding carboxylic acids is 3. The topological polar surface area (TPSA) is 92.8 Å². The predicted octanol–water partition coefficient (Wildman–Crippen LogP) is 2.90. The summed E-state index contributed by atoms with van der Waals surface area (Å²) in [6.45, 7) is 3.94. The van der Waals surface area contributed by atoms with E-state index in [0.29, 0.717) is 5.57 Å². The Morgan fingerprint density at radius 1 is 0.946 bits per heavy atom. The third kappa shape index (κ3) is 4.97. The molecule has 8 heteroatoms. The highest BCUT2D eigenvalue weighted by Gasteiger charge is 2.59. The average Bonchev–Trinajstić information content (AvgIpc) is 2.91. The third-order valence-corrected chi connectivity index (χ3v) is 8.22. The highest BCUT2D eigenvalue weighted by Crippen LogP contribution is 2.36. The van der Waals surface area contributed by atoms with E-state index in [-0.39, 0.29) is 18.1 Å². The summed E-state index contributed by atoms with van der Waals surface area (Å²) in [7, 11) is -1.51. The number of nitrogens with zero attached hydrogens (tertiary/aromatic N) is 1. The summed E-state index contributed by atoms with van der Waals surface area (Å²) in [6, 6.07) is 25.8. The van der Waals surface area contributed by atoms with Crippen LogP contribution in [-0.4, -0.2) is 50.1 Å². The highest BCUT2D eigenvalue weighted by molar-refractivity contribution is 7.86. The van der Waals surface area contributed by atoms with Gasteiger partial charge in [0.2, 0.25) is 11.8 Å². The molecule has 0 spiro atoms. The van der Waals surface area contributed by atoms with Crippen LogP contribution in [0.5, 0.6) is 0 Å². The standard InChI is InChI=1S/C29H26N2O5S/c1-19-18-37(35)28-24(30-23(32)17-20-11-5-2-6-12-20)27(33)31(28)25(19)29(34)36-26(21-13-7-3-8-14-21)22-15-9-4-10-16-22/h2-16,24-26,28H,1,17-18H2,(H,30,32)/t24-,25-,28+,37?/m1/s1. The zero-order chi connectivity index (χ0) is 25.9. The van der Waals surface area contributed by atoms with Crippen molar-refractivity contribution in [2.75, 3.05) is 5.75 Å². The van der Waals surface area contributed by atoms with Gasteiger partial charge in [-0.25, -0.2) is 4.79 Å². The Bertz CT molecular complexity index is 1310. The summed E-state index contributed by atoms with van der Waals surface area (Å²) >= 11 is 0. The van der Waals surface area contributed by atoms with Crippen LogP contribution in [0.15, 0.2) is 103 Å². The molecular weight excluding hydrogens is 488 g/mol. The molecule has 3 aromatic rings. The molecule has 1 unspecified atom stereocenters. The molecule has 2 aliphatic rings. The van der Waals surface area contributed by atoms with Crippen molar-refractivity contribution in [3.05, 3.63) is 120 Å². The van der Waals surface area contributed by atoms with Crippen molar-refractivity contribution >= 4 is 28.6 Å². The molecule has 4 atom stereocenters. The van der Waals surface area contributed by atoms with Crippen LogP contribution in [0, 0.1) is 0 Å². The first-order valence-corrected chi connectivity index (χ1v) is 13.3. The number of hydrogen-bond donors (Lipinski definition) is 1. The van der Waals surface area contributed by atoms with Crippen LogP contribution in [0.4, 0.5) is 0 Å². The number of amides is 2. The fourth-order valence-corrected chi connectivity index (χ4v) is 6.43. The van der Waals surface area contributed by atoms with Gasteiger partial charge in [-0.05, 0) is 22.3 Å². The van der Waals surface area contributed by atoms with Gasteiger partial charge in [0.25, 0.3) is 0 Å². The number of rotatable bonds is 7. The van der Waals surface area contributed by atoms with Gasteiger partial charge < -0.3 is 15.0 Å². The monoisotopic (exact) mass is 514 g/mol. The molecule has 0 bridgehead atoms. The maximum absolute atomic E-state index is 13.5. The smallest absolute Gasteiger partial charge is 0.334 e. The molecule has 0 radical (unpaired) electrons. The number of hydrogen-bond acceptors (Lipinski definition) is 5. The predicted molar refractivity (Wildman–Crippen MR) is 139 cm³/mol. The van der Waals surface area contributed by atoms with Crippen molar-refractivity contribution < 1.29 is 23.3 Å². The number of esters is 1. The van der Waals surface area contributed by atoms with Gasteiger partial charge >= 0.3 is 5.97 Å². The van der Waals surface area contributed by atoms with Crippen molar-refractivity contribution in [2.24, 2.45) is 0 Å². The van der Waals surface area contributed by atoms with E-state index >= 15 is 0 Å². The Labute approximate surface area is 217 Å². The fraction of sp³-hybridized carbons (Fsp3) is 0.207. The van der Waals surface area contributed by atoms with Gasteiger partial charge in [0.05, 0.1) is 17.2 Å². The second-order valence-electron chi connectivity index (χ2n) is 9.07. The van der Waals surface area contributed by atoms with Gasteiger partial charge in [-0.3, -0.25) is 13.8 Å². The molecule has 2 heterocycles. The van der Waals surface area contributed by atoms with E-state index < -0.39 is 46.2 Å².